The Balaban J connectivity index is 0.00000140. The molecule has 136 valence electrons. The fraction of sp³-hybridized carbons (Fsp3) is 0.300. The number of fused-ring (bicyclic) bond motifs is 3. The van der Waals surface area contributed by atoms with Gasteiger partial charge in [-0.1, -0.05) is 48.5 Å². The van der Waals surface area contributed by atoms with Gasteiger partial charge in [-0.15, -0.1) is 0 Å². The SMILES string of the molecule is O=C(N[C@H](C(=O)O)C1COC1)OCC1c2ccccc2-c2ccccc21.[H-].[Na+]. The molecule has 2 aromatic carbocycles. The van der Waals surface area contributed by atoms with Gasteiger partial charge in [0.2, 0.25) is 0 Å². The molecule has 1 amide bonds. The Morgan fingerprint density at radius 1 is 1.11 bits per heavy atom. The Kier molecular flexibility index (Phi) is 6.22. The minimum absolute atomic E-state index is 0. The van der Waals surface area contributed by atoms with Gasteiger partial charge in [0.15, 0.2) is 0 Å². The number of ether oxygens (including phenoxy) is 2. The van der Waals surface area contributed by atoms with Gasteiger partial charge in [0, 0.05) is 11.8 Å². The molecule has 27 heavy (non-hydrogen) atoms. The number of carbonyl (C=O) groups is 2. The second kappa shape index (κ2) is 8.44. The molecule has 1 aliphatic heterocycles. The largest absolute Gasteiger partial charge is 1.00 e. The summed E-state index contributed by atoms with van der Waals surface area (Å²) in [6.07, 6.45) is -0.717. The fourth-order valence-electron chi connectivity index (χ4n) is 3.59. The van der Waals surface area contributed by atoms with Gasteiger partial charge in [0.05, 0.1) is 13.2 Å². The topological polar surface area (TPSA) is 84.9 Å². The van der Waals surface area contributed by atoms with Crippen molar-refractivity contribution in [2.75, 3.05) is 19.8 Å². The van der Waals surface area contributed by atoms with Crippen molar-refractivity contribution in [3.63, 3.8) is 0 Å². The van der Waals surface area contributed by atoms with Crippen LogP contribution in [0.5, 0.6) is 0 Å². The predicted octanol–water partition coefficient (Wildman–Crippen LogP) is -0.259. The van der Waals surface area contributed by atoms with E-state index in [1.165, 1.54) is 0 Å². The summed E-state index contributed by atoms with van der Waals surface area (Å²) in [6.45, 7) is 0.828. The number of nitrogens with one attached hydrogen (secondary N) is 1. The van der Waals surface area contributed by atoms with Crippen LogP contribution < -0.4 is 34.9 Å². The van der Waals surface area contributed by atoms with E-state index in [0.717, 1.165) is 22.3 Å². The molecule has 7 heteroatoms. The van der Waals surface area contributed by atoms with Crippen molar-refractivity contribution in [2.24, 2.45) is 5.92 Å². The number of hydrogen-bond acceptors (Lipinski definition) is 4. The molecule has 1 atom stereocenters. The number of carbonyl (C=O) groups excluding carboxylic acids is 1. The van der Waals surface area contributed by atoms with E-state index in [1.54, 1.807) is 0 Å². The van der Waals surface area contributed by atoms with Gasteiger partial charge in [0.25, 0.3) is 0 Å². The van der Waals surface area contributed by atoms with Crippen LogP contribution in [0.3, 0.4) is 0 Å². The van der Waals surface area contributed by atoms with Crippen LogP contribution in [0.2, 0.25) is 0 Å². The Labute approximate surface area is 180 Å². The Hall–Kier alpha value is -1.86. The van der Waals surface area contributed by atoms with Gasteiger partial charge in [-0.2, -0.15) is 0 Å². The summed E-state index contributed by atoms with van der Waals surface area (Å²) in [5.41, 5.74) is 4.52. The average Bonchev–Trinajstić information content (AvgIpc) is 2.92. The number of carboxylic acids is 1. The van der Waals surface area contributed by atoms with E-state index in [-0.39, 0.29) is 49.4 Å². The maximum atomic E-state index is 12.1. The number of alkyl carbamates (subject to hydrolysis) is 1. The third kappa shape index (κ3) is 3.89. The van der Waals surface area contributed by atoms with E-state index in [4.69, 9.17) is 9.47 Å². The number of amides is 1. The van der Waals surface area contributed by atoms with Crippen LogP contribution in [0.15, 0.2) is 48.5 Å². The van der Waals surface area contributed by atoms with Crippen LogP contribution in [-0.2, 0) is 14.3 Å². The Bertz CT molecular complexity index is 812. The number of rotatable bonds is 5. The van der Waals surface area contributed by atoms with Gasteiger partial charge >= 0.3 is 41.6 Å². The number of carboxylic acid groups (broad SMARTS) is 1. The van der Waals surface area contributed by atoms with Crippen molar-refractivity contribution < 1.29 is 55.2 Å². The van der Waals surface area contributed by atoms with Crippen molar-refractivity contribution in [1.29, 1.82) is 0 Å². The van der Waals surface area contributed by atoms with Crippen LogP contribution >= 0.6 is 0 Å². The van der Waals surface area contributed by atoms with Gasteiger partial charge in [-0.05, 0) is 22.3 Å². The summed E-state index contributed by atoms with van der Waals surface area (Å²) >= 11 is 0. The Morgan fingerprint density at radius 3 is 2.15 bits per heavy atom. The molecule has 6 nitrogen and oxygen atoms in total. The second-order valence-electron chi connectivity index (χ2n) is 6.58. The van der Waals surface area contributed by atoms with E-state index < -0.39 is 18.1 Å². The van der Waals surface area contributed by atoms with E-state index >= 15 is 0 Å². The first-order chi connectivity index (χ1) is 12.6. The molecule has 0 bridgehead atoms. The third-order valence-corrected chi connectivity index (χ3v) is 5.02. The zero-order chi connectivity index (χ0) is 18.1. The van der Waals surface area contributed by atoms with Crippen LogP contribution in [-0.4, -0.2) is 43.0 Å². The van der Waals surface area contributed by atoms with Crippen molar-refractivity contribution in [2.45, 2.75) is 12.0 Å². The zero-order valence-corrected chi connectivity index (χ0v) is 17.1. The summed E-state index contributed by atoms with van der Waals surface area (Å²) in [7, 11) is 0. The molecule has 1 aliphatic carbocycles. The molecule has 2 N–H and O–H groups in total. The summed E-state index contributed by atoms with van der Waals surface area (Å²) in [4.78, 5) is 23.5. The van der Waals surface area contributed by atoms with Crippen molar-refractivity contribution in [1.82, 2.24) is 5.32 Å². The molecule has 2 aromatic rings. The fourth-order valence-corrected chi connectivity index (χ4v) is 3.59. The number of hydrogen-bond donors (Lipinski definition) is 2. The van der Waals surface area contributed by atoms with E-state index in [1.807, 2.05) is 36.4 Å². The molecule has 0 aromatic heterocycles. The first kappa shape index (κ1) is 19.9. The van der Waals surface area contributed by atoms with E-state index in [0.29, 0.717) is 13.2 Å². The summed E-state index contributed by atoms with van der Waals surface area (Å²) in [6, 6.07) is 15.1. The monoisotopic (exact) mass is 377 g/mol. The minimum Gasteiger partial charge on any atom is -1.00 e. The molecule has 4 rings (SSSR count). The molecule has 1 heterocycles. The molecule has 1 fully saturated rings. The zero-order valence-electron chi connectivity index (χ0n) is 16.1. The van der Waals surface area contributed by atoms with Crippen LogP contribution in [0, 0.1) is 5.92 Å². The van der Waals surface area contributed by atoms with Gasteiger partial charge < -0.3 is 21.3 Å². The second-order valence-corrected chi connectivity index (χ2v) is 6.58. The van der Waals surface area contributed by atoms with Crippen molar-refractivity contribution in [3.05, 3.63) is 59.7 Å². The maximum absolute atomic E-state index is 12.1. The van der Waals surface area contributed by atoms with E-state index in [9.17, 15) is 14.7 Å². The van der Waals surface area contributed by atoms with Crippen molar-refractivity contribution >= 4 is 12.1 Å². The molecular formula is C20H20NNaO5. The van der Waals surface area contributed by atoms with Crippen LogP contribution in [0.4, 0.5) is 4.79 Å². The summed E-state index contributed by atoms with van der Waals surface area (Å²) in [5, 5.41) is 11.7. The molecule has 0 radical (unpaired) electrons. The molecule has 2 aliphatic rings. The quantitative estimate of drug-likeness (QED) is 0.702. The minimum atomic E-state index is -1.08. The first-order valence-electron chi connectivity index (χ1n) is 8.57. The van der Waals surface area contributed by atoms with Crippen LogP contribution in [0.1, 0.15) is 18.5 Å². The Morgan fingerprint density at radius 2 is 1.67 bits per heavy atom. The molecule has 1 saturated heterocycles. The first-order valence-corrected chi connectivity index (χ1v) is 8.57. The maximum Gasteiger partial charge on any atom is 1.00 e. The van der Waals surface area contributed by atoms with Crippen LogP contribution in [0.25, 0.3) is 11.1 Å². The standard InChI is InChI=1S/C20H19NO5.Na.H/c22-19(23)18(12-9-25-10-12)21-20(24)26-11-17-15-7-3-1-5-13(15)14-6-2-4-8-16(14)17;;/h1-8,12,17-18H,9-11H2,(H,21,24)(H,22,23);;/q;+1;-1/t18-;;/m0../s1. The predicted molar refractivity (Wildman–Crippen MR) is 95.0 cm³/mol. The third-order valence-electron chi connectivity index (χ3n) is 5.02. The molecule has 0 saturated carbocycles. The number of aliphatic carboxylic acids is 1. The molecule has 0 unspecified atom stereocenters. The average molecular weight is 377 g/mol. The molecule has 0 spiro atoms. The van der Waals surface area contributed by atoms with E-state index in [2.05, 4.69) is 17.4 Å². The van der Waals surface area contributed by atoms with Gasteiger partial charge in [-0.3, -0.25) is 0 Å². The summed E-state index contributed by atoms with van der Waals surface area (Å²) in [5.74, 6) is -1.34. The van der Waals surface area contributed by atoms with Crippen molar-refractivity contribution in [3.8, 4) is 11.1 Å². The smallest absolute Gasteiger partial charge is 1.00 e. The normalized spacial score (nSPS) is 16.3. The number of benzene rings is 2. The van der Waals surface area contributed by atoms with Gasteiger partial charge in [-0.25, -0.2) is 9.59 Å². The van der Waals surface area contributed by atoms with Gasteiger partial charge in [0.1, 0.15) is 12.6 Å². The molecular weight excluding hydrogens is 357 g/mol. The summed E-state index contributed by atoms with van der Waals surface area (Å²) < 4.78 is 10.4.